The molecule has 2 saturated carbocycles. The molecule has 1 nitrogen and oxygen atoms in total. The van der Waals surface area contributed by atoms with Crippen molar-refractivity contribution >= 4 is 17.9 Å². The number of hydrogen-bond acceptors (Lipinski definition) is 1. The molecule has 0 amide bonds. The third-order valence-corrected chi connectivity index (χ3v) is 7.48. The van der Waals surface area contributed by atoms with Gasteiger partial charge >= 0.3 is 18.5 Å². The fourth-order valence-corrected chi connectivity index (χ4v) is 5.77. The average Bonchev–Trinajstić information content (AvgIpc) is 3.69. The molecular formula is C26H23BF9N. The van der Waals surface area contributed by atoms with E-state index in [1.165, 1.54) is 0 Å². The third kappa shape index (κ3) is 4.74. The zero-order valence-corrected chi connectivity index (χ0v) is 20.0. The summed E-state index contributed by atoms with van der Waals surface area (Å²) in [5, 5.41) is 0. The molecule has 2 fully saturated rings. The SMILES string of the molecule is Cc1cccc(C)c1N1CB(c2c(C(F)(F)F)cc(C(F)(F)F)cc2C(F)(F)F)C(C2CC2)=C1C1CC1. The molecule has 3 aliphatic rings. The first-order valence-corrected chi connectivity index (χ1v) is 12.1. The Balaban J connectivity index is 1.80. The number of anilines is 1. The van der Waals surface area contributed by atoms with Crippen molar-refractivity contribution in [1.29, 1.82) is 0 Å². The van der Waals surface area contributed by atoms with Crippen LogP contribution in [0.1, 0.15) is 53.5 Å². The number of halogens is 9. The lowest BCUT2D eigenvalue weighted by Gasteiger charge is -2.28. The molecule has 0 spiro atoms. The van der Waals surface area contributed by atoms with Gasteiger partial charge in [-0.25, -0.2) is 0 Å². The zero-order valence-electron chi connectivity index (χ0n) is 20.0. The average molecular weight is 531 g/mol. The summed E-state index contributed by atoms with van der Waals surface area (Å²) < 4.78 is 126. The summed E-state index contributed by atoms with van der Waals surface area (Å²) in [4.78, 5) is 1.85. The van der Waals surface area contributed by atoms with E-state index in [4.69, 9.17) is 0 Å². The van der Waals surface area contributed by atoms with Crippen molar-refractivity contribution < 1.29 is 39.5 Å². The Morgan fingerprint density at radius 2 is 1.22 bits per heavy atom. The third-order valence-electron chi connectivity index (χ3n) is 7.48. The van der Waals surface area contributed by atoms with Crippen LogP contribution < -0.4 is 10.4 Å². The Bertz CT molecular complexity index is 1210. The number of rotatable bonds is 4. The van der Waals surface area contributed by atoms with Gasteiger partial charge < -0.3 is 4.90 Å². The summed E-state index contributed by atoms with van der Waals surface area (Å²) in [6.07, 6.45) is -13.6. The Hall–Kier alpha value is -2.59. The second-order valence-electron chi connectivity index (χ2n) is 10.3. The smallest absolute Gasteiger partial charge is 0.352 e. The van der Waals surface area contributed by atoms with E-state index in [2.05, 4.69) is 0 Å². The molecule has 2 aliphatic carbocycles. The highest BCUT2D eigenvalue weighted by atomic mass is 19.4. The van der Waals surface area contributed by atoms with Crippen molar-refractivity contribution in [2.24, 2.45) is 11.8 Å². The van der Waals surface area contributed by atoms with E-state index in [0.29, 0.717) is 18.3 Å². The molecule has 0 unspecified atom stereocenters. The van der Waals surface area contributed by atoms with Crippen LogP contribution in [0.3, 0.4) is 0 Å². The summed E-state index contributed by atoms with van der Waals surface area (Å²) in [7, 11) is 0. The van der Waals surface area contributed by atoms with Crippen LogP contribution in [0.4, 0.5) is 45.2 Å². The number of hydrogen-bond donors (Lipinski definition) is 0. The fourth-order valence-electron chi connectivity index (χ4n) is 5.77. The fraction of sp³-hybridized carbons (Fsp3) is 0.462. The lowest BCUT2D eigenvalue weighted by atomic mass is 9.38. The number of alkyl halides is 9. The van der Waals surface area contributed by atoms with Gasteiger partial charge in [0.2, 0.25) is 6.71 Å². The summed E-state index contributed by atoms with van der Waals surface area (Å²) in [6, 6.07) is 5.17. The molecule has 0 N–H and O–H groups in total. The maximum atomic E-state index is 14.2. The molecule has 1 heterocycles. The lowest BCUT2D eigenvalue weighted by Crippen LogP contribution is -2.46. The van der Waals surface area contributed by atoms with E-state index < -0.39 is 47.4 Å². The highest BCUT2D eigenvalue weighted by Gasteiger charge is 2.53. The standard InChI is InChI=1S/C26H23BF9N/c1-13-4-3-5-14(2)22(13)37-12-27(20(15-6-7-15)23(37)16-8-9-16)21-18(25(31,32)33)10-17(24(28,29)30)11-19(21)26(34,35)36/h3-5,10-11,15-16H,6-9,12H2,1-2H3. The predicted octanol–water partition coefficient (Wildman–Crippen LogP) is 7.73. The van der Waals surface area contributed by atoms with Crippen molar-refractivity contribution in [2.45, 2.75) is 58.1 Å². The number of para-hydroxylation sites is 1. The summed E-state index contributed by atoms with van der Waals surface area (Å²) in [5.74, 6) is -0.169. The largest absolute Gasteiger partial charge is 0.416 e. The van der Waals surface area contributed by atoms with Crippen LogP contribution in [0.5, 0.6) is 0 Å². The van der Waals surface area contributed by atoms with Gasteiger partial charge in [-0.2, -0.15) is 39.5 Å². The second kappa shape index (κ2) is 8.46. The number of benzene rings is 2. The van der Waals surface area contributed by atoms with Gasteiger partial charge in [0.05, 0.1) is 16.7 Å². The first-order valence-electron chi connectivity index (χ1n) is 12.1. The lowest BCUT2D eigenvalue weighted by molar-refractivity contribution is -0.147. The number of allylic oxidation sites excluding steroid dienone is 2. The van der Waals surface area contributed by atoms with Crippen LogP contribution in [0.25, 0.3) is 0 Å². The topological polar surface area (TPSA) is 3.24 Å². The molecule has 0 aromatic heterocycles. The summed E-state index contributed by atoms with van der Waals surface area (Å²) >= 11 is 0. The van der Waals surface area contributed by atoms with Crippen molar-refractivity contribution in [3.8, 4) is 0 Å². The Morgan fingerprint density at radius 1 is 0.730 bits per heavy atom. The van der Waals surface area contributed by atoms with Crippen molar-refractivity contribution in [1.82, 2.24) is 0 Å². The van der Waals surface area contributed by atoms with Crippen LogP contribution in [-0.2, 0) is 18.5 Å². The molecule has 11 heteroatoms. The summed E-state index contributed by atoms with van der Waals surface area (Å²) in [6.45, 7) is 2.34. The Morgan fingerprint density at radius 3 is 1.62 bits per heavy atom. The van der Waals surface area contributed by atoms with Crippen LogP contribution in [-0.4, -0.2) is 13.2 Å². The molecule has 1 aliphatic heterocycles. The van der Waals surface area contributed by atoms with E-state index >= 15 is 0 Å². The normalized spacial score (nSPS) is 19.3. The molecular weight excluding hydrogens is 508 g/mol. The van der Waals surface area contributed by atoms with Gasteiger partial charge in [0, 0.05) is 17.8 Å². The minimum atomic E-state index is -5.41. The van der Waals surface area contributed by atoms with E-state index in [9.17, 15) is 39.5 Å². The quantitative estimate of drug-likeness (QED) is 0.288. The van der Waals surface area contributed by atoms with Crippen molar-refractivity contribution in [3.63, 3.8) is 0 Å². The van der Waals surface area contributed by atoms with Crippen molar-refractivity contribution in [2.75, 3.05) is 11.3 Å². The van der Waals surface area contributed by atoms with Gasteiger partial charge in [-0.1, -0.05) is 23.7 Å². The van der Waals surface area contributed by atoms with Gasteiger partial charge in [-0.3, -0.25) is 0 Å². The molecule has 0 atom stereocenters. The second-order valence-corrected chi connectivity index (χ2v) is 10.3. The first kappa shape index (κ1) is 26.0. The molecule has 0 radical (unpaired) electrons. The van der Waals surface area contributed by atoms with Gasteiger partial charge in [0.25, 0.3) is 0 Å². The van der Waals surface area contributed by atoms with E-state index in [0.717, 1.165) is 35.4 Å². The highest BCUT2D eigenvalue weighted by Crippen LogP contribution is 2.52. The van der Waals surface area contributed by atoms with Crippen LogP contribution in [0.2, 0.25) is 0 Å². The minimum absolute atomic E-state index is 0.0118. The van der Waals surface area contributed by atoms with Crippen LogP contribution in [0, 0.1) is 25.7 Å². The van der Waals surface area contributed by atoms with Gasteiger partial charge in [0.15, 0.2) is 0 Å². The Labute approximate surface area is 208 Å². The minimum Gasteiger partial charge on any atom is -0.352 e. The molecule has 2 aromatic rings. The zero-order chi connectivity index (χ0) is 27.1. The van der Waals surface area contributed by atoms with E-state index in [1.807, 2.05) is 36.9 Å². The molecule has 0 saturated heterocycles. The van der Waals surface area contributed by atoms with Gasteiger partial charge in [-0.05, 0) is 80.1 Å². The van der Waals surface area contributed by atoms with Gasteiger partial charge in [-0.15, -0.1) is 0 Å². The molecule has 2 aromatic carbocycles. The maximum Gasteiger partial charge on any atom is 0.416 e. The Kier molecular flexibility index (Phi) is 5.96. The number of aryl methyl sites for hydroxylation is 2. The maximum absolute atomic E-state index is 14.2. The van der Waals surface area contributed by atoms with Gasteiger partial charge in [0.1, 0.15) is 0 Å². The number of nitrogens with zero attached hydrogens (tertiary/aromatic N) is 1. The van der Waals surface area contributed by atoms with Crippen LogP contribution in [0.15, 0.2) is 41.5 Å². The summed E-state index contributed by atoms with van der Waals surface area (Å²) in [5.41, 5.74) is -3.11. The molecule has 5 rings (SSSR count). The van der Waals surface area contributed by atoms with Crippen molar-refractivity contribution in [3.05, 3.63) is 69.3 Å². The monoisotopic (exact) mass is 531 g/mol. The van der Waals surface area contributed by atoms with Crippen LogP contribution >= 0.6 is 0 Å². The molecule has 37 heavy (non-hydrogen) atoms. The highest BCUT2D eigenvalue weighted by molar-refractivity contribution is 6.82. The van der Waals surface area contributed by atoms with E-state index in [-0.39, 0.29) is 30.4 Å². The molecule has 0 bridgehead atoms. The van der Waals surface area contributed by atoms with E-state index in [1.54, 1.807) is 0 Å². The molecule has 198 valence electrons. The predicted molar refractivity (Wildman–Crippen MR) is 123 cm³/mol. The first-order chi connectivity index (χ1) is 17.1.